The summed E-state index contributed by atoms with van der Waals surface area (Å²) in [6, 6.07) is 0. The van der Waals surface area contributed by atoms with Crippen LogP contribution in [0.1, 0.15) is 90.4 Å². The molecule has 0 aromatic heterocycles. The lowest BCUT2D eigenvalue weighted by atomic mass is 10.1. The Bertz CT molecular complexity index is 313. The van der Waals surface area contributed by atoms with E-state index in [1.54, 1.807) is 0 Å². The summed E-state index contributed by atoms with van der Waals surface area (Å²) < 4.78 is 15.9. The van der Waals surface area contributed by atoms with E-state index in [0.29, 0.717) is 0 Å². The largest absolute Gasteiger partial charge is 0.327 e. The minimum absolute atomic E-state index is 0.256. The lowest BCUT2D eigenvalue weighted by Crippen LogP contribution is -2.21. The number of rotatable bonds is 18. The van der Waals surface area contributed by atoms with Crippen molar-refractivity contribution in [1.29, 1.82) is 0 Å². The first kappa shape index (κ1) is 24.1. The molecule has 0 aromatic rings. The Morgan fingerprint density at radius 2 is 1.21 bits per heavy atom. The molecule has 1 unspecified atom stereocenters. The second kappa shape index (κ2) is 16.6. The zero-order chi connectivity index (χ0) is 18.1. The zero-order valence-electron chi connectivity index (χ0n) is 16.5. The molecule has 0 radical (unpaired) electrons. The van der Waals surface area contributed by atoms with Gasteiger partial charge in [-0.3, -0.25) is 4.57 Å². The molecule has 0 aliphatic rings. The van der Waals surface area contributed by atoms with Crippen molar-refractivity contribution >= 4 is 7.60 Å². The number of hydrogen-bond acceptors (Lipinski definition) is 3. The summed E-state index contributed by atoms with van der Waals surface area (Å²) in [5.74, 6) is 0. The van der Waals surface area contributed by atoms with Crippen LogP contribution in [0.25, 0.3) is 0 Å². The van der Waals surface area contributed by atoms with Crippen LogP contribution in [0.2, 0.25) is 0 Å². The molecule has 0 aliphatic heterocycles. The molecule has 1 atom stereocenters. The maximum atomic E-state index is 11.4. The van der Waals surface area contributed by atoms with Gasteiger partial charge in [-0.25, -0.2) is 0 Å². The minimum Gasteiger partial charge on any atom is -0.324 e. The Morgan fingerprint density at radius 3 is 1.67 bits per heavy atom. The van der Waals surface area contributed by atoms with Crippen LogP contribution in [-0.4, -0.2) is 43.2 Å². The van der Waals surface area contributed by atoms with Gasteiger partial charge in [0.1, 0.15) is 0 Å². The van der Waals surface area contributed by atoms with Crippen LogP contribution in [0.15, 0.2) is 0 Å². The molecule has 24 heavy (non-hydrogen) atoms. The summed E-state index contributed by atoms with van der Waals surface area (Å²) in [5.41, 5.74) is 0. The summed E-state index contributed by atoms with van der Waals surface area (Å²) in [7, 11) is 0.0786. The minimum atomic E-state index is -3.31. The molecule has 0 aromatic carbocycles. The van der Waals surface area contributed by atoms with E-state index in [1.165, 1.54) is 84.2 Å². The number of unbranched alkanes of at least 4 members (excludes halogenated alkanes) is 11. The Balaban J connectivity index is 3.25. The predicted molar refractivity (Wildman–Crippen MR) is 105 cm³/mol. The SMILES string of the molecule is CCCCCCCCCCCCCCN(C)CCCP(=O)(O)OC. The van der Waals surface area contributed by atoms with Crippen LogP contribution in [0.5, 0.6) is 0 Å². The second-order valence-electron chi connectivity index (χ2n) is 7.09. The smallest absolute Gasteiger partial charge is 0.324 e. The third-order valence-corrected chi connectivity index (χ3v) is 6.11. The first-order valence-electron chi connectivity index (χ1n) is 10.1. The van der Waals surface area contributed by atoms with Crippen molar-refractivity contribution in [1.82, 2.24) is 4.90 Å². The van der Waals surface area contributed by atoms with Crippen molar-refractivity contribution in [2.24, 2.45) is 0 Å². The van der Waals surface area contributed by atoms with E-state index >= 15 is 0 Å². The van der Waals surface area contributed by atoms with Crippen molar-refractivity contribution < 1.29 is 14.0 Å². The highest BCUT2D eigenvalue weighted by atomic mass is 31.2. The Hall–Kier alpha value is 0.110. The highest BCUT2D eigenvalue weighted by Crippen LogP contribution is 2.40. The third kappa shape index (κ3) is 17.0. The van der Waals surface area contributed by atoms with Gasteiger partial charge in [0, 0.05) is 7.11 Å². The molecule has 0 heterocycles. The molecule has 5 heteroatoms. The normalized spacial score (nSPS) is 14.2. The van der Waals surface area contributed by atoms with E-state index in [-0.39, 0.29) is 6.16 Å². The van der Waals surface area contributed by atoms with Crippen molar-refractivity contribution in [3.05, 3.63) is 0 Å². The van der Waals surface area contributed by atoms with Gasteiger partial charge in [-0.2, -0.15) is 0 Å². The summed E-state index contributed by atoms with van der Waals surface area (Å²) in [6.45, 7) is 4.22. The van der Waals surface area contributed by atoms with Gasteiger partial charge in [-0.1, -0.05) is 77.6 Å². The predicted octanol–water partition coefficient (Wildman–Crippen LogP) is 5.84. The molecule has 146 valence electrons. The fourth-order valence-corrected chi connectivity index (χ4v) is 3.69. The summed E-state index contributed by atoms with van der Waals surface area (Å²) in [5, 5.41) is 0. The first-order chi connectivity index (χ1) is 11.5. The van der Waals surface area contributed by atoms with Crippen molar-refractivity contribution in [3.63, 3.8) is 0 Å². The first-order valence-corrected chi connectivity index (χ1v) is 11.8. The molecule has 0 amide bonds. The van der Waals surface area contributed by atoms with Crippen LogP contribution < -0.4 is 0 Å². The van der Waals surface area contributed by atoms with Crippen LogP contribution in [-0.2, 0) is 9.09 Å². The Kier molecular flexibility index (Phi) is 16.6. The average molecular weight is 364 g/mol. The monoisotopic (exact) mass is 363 g/mol. The van der Waals surface area contributed by atoms with Crippen molar-refractivity contribution in [2.45, 2.75) is 90.4 Å². The molecular weight excluding hydrogens is 321 g/mol. The van der Waals surface area contributed by atoms with Crippen molar-refractivity contribution in [2.75, 3.05) is 33.4 Å². The van der Waals surface area contributed by atoms with Gasteiger partial charge >= 0.3 is 7.60 Å². The van der Waals surface area contributed by atoms with Crippen LogP contribution in [0.3, 0.4) is 0 Å². The molecule has 0 saturated heterocycles. The van der Waals surface area contributed by atoms with Gasteiger partial charge in [0.25, 0.3) is 0 Å². The van der Waals surface area contributed by atoms with E-state index in [0.717, 1.165) is 19.5 Å². The topological polar surface area (TPSA) is 49.8 Å². The molecule has 0 fully saturated rings. The number of hydrogen-bond donors (Lipinski definition) is 1. The average Bonchev–Trinajstić information content (AvgIpc) is 2.55. The summed E-state index contributed by atoms with van der Waals surface area (Å²) in [4.78, 5) is 11.6. The molecule has 0 rings (SSSR count). The lowest BCUT2D eigenvalue weighted by Gasteiger charge is -2.17. The quantitative estimate of drug-likeness (QED) is 0.245. The molecule has 1 N–H and O–H groups in total. The molecule has 0 bridgehead atoms. The van der Waals surface area contributed by atoms with Gasteiger partial charge in [0.05, 0.1) is 6.16 Å². The maximum Gasteiger partial charge on any atom is 0.327 e. The Labute approximate surface area is 150 Å². The van der Waals surface area contributed by atoms with E-state index < -0.39 is 7.60 Å². The van der Waals surface area contributed by atoms with Crippen LogP contribution in [0, 0.1) is 0 Å². The maximum absolute atomic E-state index is 11.4. The van der Waals surface area contributed by atoms with E-state index in [9.17, 15) is 9.46 Å². The van der Waals surface area contributed by atoms with Gasteiger partial charge in [0.15, 0.2) is 0 Å². The molecule has 0 aliphatic carbocycles. The number of nitrogens with zero attached hydrogens (tertiary/aromatic N) is 1. The van der Waals surface area contributed by atoms with Gasteiger partial charge in [0.2, 0.25) is 0 Å². The highest BCUT2D eigenvalue weighted by molar-refractivity contribution is 7.52. The molecule has 0 saturated carbocycles. The highest BCUT2D eigenvalue weighted by Gasteiger charge is 2.16. The van der Waals surface area contributed by atoms with Crippen LogP contribution in [0.4, 0.5) is 0 Å². The lowest BCUT2D eigenvalue weighted by molar-refractivity contribution is 0.300. The fraction of sp³-hybridized carbons (Fsp3) is 1.00. The summed E-state index contributed by atoms with van der Waals surface area (Å²) in [6.07, 6.45) is 17.5. The third-order valence-electron chi connectivity index (χ3n) is 4.66. The fourth-order valence-electron chi connectivity index (χ4n) is 2.97. The molecular formula is C19H42NO3P. The second-order valence-corrected chi connectivity index (χ2v) is 9.18. The van der Waals surface area contributed by atoms with Gasteiger partial charge < -0.3 is 14.3 Å². The molecule has 4 nitrogen and oxygen atoms in total. The Morgan fingerprint density at radius 1 is 0.792 bits per heavy atom. The van der Waals surface area contributed by atoms with Crippen LogP contribution >= 0.6 is 7.60 Å². The zero-order valence-corrected chi connectivity index (χ0v) is 17.4. The van der Waals surface area contributed by atoms with E-state index in [4.69, 9.17) is 0 Å². The van der Waals surface area contributed by atoms with Gasteiger partial charge in [-0.05, 0) is 33.0 Å². The van der Waals surface area contributed by atoms with Gasteiger partial charge in [-0.15, -0.1) is 0 Å². The molecule has 0 spiro atoms. The van der Waals surface area contributed by atoms with E-state index in [2.05, 4.69) is 23.4 Å². The standard InChI is InChI=1S/C19H42NO3P/c1-4-5-6-7-8-9-10-11-12-13-14-15-17-20(2)18-16-19-24(21,22)23-3/h4-19H2,1-3H3,(H,21,22). The summed E-state index contributed by atoms with van der Waals surface area (Å²) >= 11 is 0. The van der Waals surface area contributed by atoms with Crippen molar-refractivity contribution in [3.8, 4) is 0 Å². The van der Waals surface area contributed by atoms with E-state index in [1.807, 2.05) is 0 Å².